The number of nitrogens with zero attached hydrogens (tertiary/aromatic N) is 1. The average Bonchev–Trinajstić information content (AvgIpc) is 2.50. The van der Waals surface area contributed by atoms with Crippen LogP contribution in [0.4, 0.5) is 0 Å². The summed E-state index contributed by atoms with van der Waals surface area (Å²) < 4.78 is 0. The first kappa shape index (κ1) is 19.1. The van der Waals surface area contributed by atoms with Crippen molar-refractivity contribution in [2.24, 2.45) is 0 Å². The summed E-state index contributed by atoms with van der Waals surface area (Å²) >= 11 is 0. The Kier molecular flexibility index (Phi) is 4.31. The van der Waals surface area contributed by atoms with Crippen molar-refractivity contribution in [3.63, 3.8) is 0 Å². The molecule has 1 aliphatic heterocycles. The average molecular weight is 346 g/mol. The molecule has 9 N–H and O–H groups in total. The Bertz CT molecular complexity index is 604. The van der Waals surface area contributed by atoms with Gasteiger partial charge >= 0.3 is 0 Å². The van der Waals surface area contributed by atoms with Gasteiger partial charge in [-0.25, -0.2) is 0 Å². The second-order valence-electron chi connectivity index (χ2n) is 6.05. The summed E-state index contributed by atoms with van der Waals surface area (Å²) in [5.74, 6) is -11.0. The van der Waals surface area contributed by atoms with Crippen LogP contribution in [-0.4, -0.2) is 81.7 Å². The fourth-order valence-electron chi connectivity index (χ4n) is 2.90. The first-order chi connectivity index (χ1) is 10.8. The van der Waals surface area contributed by atoms with Gasteiger partial charge in [-0.2, -0.15) is 4.90 Å². The van der Waals surface area contributed by atoms with Crippen LogP contribution < -0.4 is 5.32 Å². The summed E-state index contributed by atoms with van der Waals surface area (Å²) in [6.07, 6.45) is 0. The van der Waals surface area contributed by atoms with E-state index >= 15 is 0 Å². The summed E-state index contributed by atoms with van der Waals surface area (Å²) in [5.41, 5.74) is -6.06. The predicted octanol–water partition coefficient (Wildman–Crippen LogP) is -3.88. The molecule has 2 unspecified atom stereocenters. The summed E-state index contributed by atoms with van der Waals surface area (Å²) in [6, 6.07) is 7.81. The zero-order chi connectivity index (χ0) is 18.6. The molecule has 10 heteroatoms. The third-order valence-corrected chi connectivity index (χ3v) is 4.63. The molecule has 136 valence electrons. The van der Waals surface area contributed by atoms with Gasteiger partial charge in [0.05, 0.1) is 0 Å². The normalized spacial score (nSPS) is 34.9. The van der Waals surface area contributed by atoms with E-state index in [0.717, 1.165) is 7.05 Å². The third kappa shape index (κ3) is 2.14. The van der Waals surface area contributed by atoms with Crippen molar-refractivity contribution in [3.8, 4) is 0 Å². The highest BCUT2D eigenvalue weighted by Gasteiger charge is 2.82. The number of hydrogen-bond donors (Lipinski definition) is 9. The molecule has 24 heavy (non-hydrogen) atoms. The molecular formula is C14H22N2O8. The van der Waals surface area contributed by atoms with Crippen molar-refractivity contribution in [2.75, 3.05) is 7.05 Å². The van der Waals surface area contributed by atoms with Crippen molar-refractivity contribution < 1.29 is 40.9 Å². The van der Waals surface area contributed by atoms with Crippen molar-refractivity contribution in [3.05, 3.63) is 35.9 Å². The molecule has 10 nitrogen and oxygen atoms in total. The molecule has 0 saturated carbocycles. The predicted molar refractivity (Wildman–Crippen MR) is 78.1 cm³/mol. The maximum atomic E-state index is 10.5. The van der Waals surface area contributed by atoms with E-state index in [4.69, 9.17) is 0 Å². The minimum Gasteiger partial charge on any atom is -0.380 e. The number of hydrogen-bond acceptors (Lipinski definition) is 10. The first-order valence-electron chi connectivity index (χ1n) is 7.07. The third-order valence-electron chi connectivity index (χ3n) is 4.63. The van der Waals surface area contributed by atoms with E-state index in [0.29, 0.717) is 12.5 Å². The molecule has 1 heterocycles. The van der Waals surface area contributed by atoms with E-state index in [2.05, 4.69) is 0 Å². The second-order valence-corrected chi connectivity index (χ2v) is 6.05. The van der Waals surface area contributed by atoms with Gasteiger partial charge in [0.25, 0.3) is 17.6 Å². The van der Waals surface area contributed by atoms with Crippen molar-refractivity contribution >= 4 is 0 Å². The molecule has 0 spiro atoms. The number of likely N-dealkylation sites (N-methyl/N-ethyl adjacent to an activating group) is 1. The minimum absolute atomic E-state index is 0.0316. The zero-order valence-corrected chi connectivity index (χ0v) is 13.1. The van der Waals surface area contributed by atoms with Crippen LogP contribution in [0.2, 0.25) is 0 Å². The Balaban J connectivity index is 2.64. The number of piperidine rings is 1. The quantitative estimate of drug-likeness (QED) is 0.246. The number of likely N-dealkylation sites (tertiary alicyclic amines) is 1. The molecule has 1 fully saturated rings. The molecule has 0 bridgehead atoms. The Morgan fingerprint density at radius 1 is 0.875 bits per heavy atom. The standard InChI is InChI=1S/C14H22N2O8/c1-10(17)11(18,15-2)13(21,22)16(14(23,24)12(10,19)20)8-9-6-4-3-5-7-9/h3-7,15,17-24H,8H2,1-2H3. The molecule has 0 amide bonds. The summed E-state index contributed by atoms with van der Waals surface area (Å²) in [4.78, 5) is 0.0316. The maximum absolute atomic E-state index is 10.5. The smallest absolute Gasteiger partial charge is 0.289 e. The fraction of sp³-hybridized carbons (Fsp3) is 0.571. The molecule has 1 aromatic rings. The number of nitrogens with one attached hydrogen (secondary N) is 1. The lowest BCUT2D eigenvalue weighted by atomic mass is 9.74. The molecule has 0 aromatic heterocycles. The fourth-order valence-corrected chi connectivity index (χ4v) is 2.90. The van der Waals surface area contributed by atoms with Gasteiger partial charge in [0, 0.05) is 6.54 Å². The summed E-state index contributed by atoms with van der Waals surface area (Å²) in [7, 11) is 1.01. The van der Waals surface area contributed by atoms with Gasteiger partial charge in [0.2, 0.25) is 5.72 Å². The second kappa shape index (κ2) is 5.41. The van der Waals surface area contributed by atoms with Gasteiger partial charge in [0.15, 0.2) is 5.60 Å². The van der Waals surface area contributed by atoms with Gasteiger partial charge in [-0.1, -0.05) is 30.3 Å². The van der Waals surface area contributed by atoms with E-state index < -0.39 is 35.5 Å². The van der Waals surface area contributed by atoms with Gasteiger partial charge < -0.3 is 40.9 Å². The van der Waals surface area contributed by atoms with Crippen LogP contribution in [0, 0.1) is 0 Å². The molecule has 2 atom stereocenters. The molecular weight excluding hydrogens is 324 g/mol. The highest BCUT2D eigenvalue weighted by atomic mass is 16.7. The Morgan fingerprint density at radius 2 is 1.38 bits per heavy atom. The summed E-state index contributed by atoms with van der Waals surface area (Å²) in [6.45, 7) is -0.0183. The lowest BCUT2D eigenvalue weighted by molar-refractivity contribution is -0.569. The first-order valence-corrected chi connectivity index (χ1v) is 7.07. The number of rotatable bonds is 3. The maximum Gasteiger partial charge on any atom is 0.289 e. The Hall–Kier alpha value is -1.18. The molecule has 1 saturated heterocycles. The van der Waals surface area contributed by atoms with Crippen LogP contribution in [0.3, 0.4) is 0 Å². The van der Waals surface area contributed by atoms with Gasteiger partial charge in [-0.05, 0) is 19.5 Å². The lowest BCUT2D eigenvalue weighted by Crippen LogP contribution is -2.94. The van der Waals surface area contributed by atoms with E-state index in [1.54, 1.807) is 18.2 Å². The van der Waals surface area contributed by atoms with Gasteiger partial charge in [-0.3, -0.25) is 5.32 Å². The SMILES string of the molecule is CNC1(O)C(O)(O)N(Cc2ccccc2)C(O)(O)C(O)(O)C1(C)O. The Morgan fingerprint density at radius 3 is 1.83 bits per heavy atom. The summed E-state index contributed by atoms with van der Waals surface area (Å²) in [5, 5.41) is 84.2. The van der Waals surface area contributed by atoms with Crippen molar-refractivity contribution in [2.45, 2.75) is 42.4 Å². The highest BCUT2D eigenvalue weighted by molar-refractivity contribution is 5.21. The largest absolute Gasteiger partial charge is 0.380 e. The topological polar surface area (TPSA) is 177 Å². The minimum atomic E-state index is -3.78. The molecule has 0 radical (unpaired) electrons. The van der Waals surface area contributed by atoms with Gasteiger partial charge in [0.1, 0.15) is 0 Å². The van der Waals surface area contributed by atoms with Gasteiger partial charge in [-0.15, -0.1) is 0 Å². The molecule has 2 rings (SSSR count). The van der Waals surface area contributed by atoms with Crippen molar-refractivity contribution in [1.82, 2.24) is 10.2 Å². The molecule has 1 aromatic carbocycles. The van der Waals surface area contributed by atoms with Crippen LogP contribution in [-0.2, 0) is 6.54 Å². The van der Waals surface area contributed by atoms with E-state index in [-0.39, 0.29) is 4.90 Å². The van der Waals surface area contributed by atoms with E-state index in [1.165, 1.54) is 12.1 Å². The lowest BCUT2D eigenvalue weighted by Gasteiger charge is -2.64. The van der Waals surface area contributed by atoms with E-state index in [1.807, 2.05) is 5.32 Å². The molecule has 0 aliphatic carbocycles. The number of aliphatic hydroxyl groups is 8. The van der Waals surface area contributed by atoms with E-state index in [9.17, 15) is 40.9 Å². The van der Waals surface area contributed by atoms with Crippen molar-refractivity contribution in [1.29, 1.82) is 0 Å². The van der Waals surface area contributed by atoms with Crippen LogP contribution in [0.5, 0.6) is 0 Å². The van der Waals surface area contributed by atoms with Crippen LogP contribution >= 0.6 is 0 Å². The number of benzene rings is 1. The van der Waals surface area contributed by atoms with Crippen LogP contribution in [0.1, 0.15) is 12.5 Å². The van der Waals surface area contributed by atoms with Crippen LogP contribution in [0.25, 0.3) is 0 Å². The zero-order valence-electron chi connectivity index (χ0n) is 13.1. The highest BCUT2D eigenvalue weighted by Crippen LogP contribution is 2.49. The Labute approximate surface area is 137 Å². The molecule has 1 aliphatic rings. The monoisotopic (exact) mass is 346 g/mol. The van der Waals surface area contributed by atoms with Crippen LogP contribution in [0.15, 0.2) is 30.3 Å².